The molecule has 144 valence electrons. The van der Waals surface area contributed by atoms with Crippen LogP contribution < -0.4 is 16.4 Å². The zero-order valence-electron chi connectivity index (χ0n) is 15.2. The van der Waals surface area contributed by atoms with Gasteiger partial charge in [0.05, 0.1) is 30.5 Å². The molecule has 0 unspecified atom stereocenters. The van der Waals surface area contributed by atoms with E-state index in [9.17, 15) is 4.79 Å². The third-order valence-electron chi connectivity index (χ3n) is 4.00. The molecule has 0 atom stereocenters. The Morgan fingerprint density at radius 2 is 1.86 bits per heavy atom. The Hall–Kier alpha value is -4.34. The Balaban J connectivity index is 1.41. The van der Waals surface area contributed by atoms with Crippen molar-refractivity contribution in [2.75, 3.05) is 16.4 Å². The van der Waals surface area contributed by atoms with Gasteiger partial charge in [-0.2, -0.15) is 10.2 Å². The number of amides is 1. The molecule has 4 N–H and O–H groups in total. The van der Waals surface area contributed by atoms with Gasteiger partial charge in [0.1, 0.15) is 11.5 Å². The van der Waals surface area contributed by atoms with E-state index in [0.29, 0.717) is 23.9 Å². The lowest BCUT2D eigenvalue weighted by atomic mass is 10.2. The topological polar surface area (TPSA) is 137 Å². The van der Waals surface area contributed by atoms with Crippen LogP contribution in [0.15, 0.2) is 67.4 Å². The molecule has 0 aliphatic heterocycles. The summed E-state index contributed by atoms with van der Waals surface area (Å²) in [6, 6.07) is 11.1. The van der Waals surface area contributed by atoms with Gasteiger partial charge in [0.25, 0.3) is 5.91 Å². The predicted molar refractivity (Wildman–Crippen MR) is 107 cm³/mol. The van der Waals surface area contributed by atoms with Crippen LogP contribution in [0.1, 0.15) is 16.1 Å². The molecular formula is C19H17N9O. The first-order valence-corrected chi connectivity index (χ1v) is 8.72. The number of nitrogens with one attached hydrogen (secondary N) is 2. The predicted octanol–water partition coefficient (Wildman–Crippen LogP) is 1.90. The van der Waals surface area contributed by atoms with Crippen LogP contribution >= 0.6 is 0 Å². The summed E-state index contributed by atoms with van der Waals surface area (Å²) in [5.74, 6) is 0.498. The second kappa shape index (κ2) is 8.13. The fourth-order valence-electron chi connectivity index (χ4n) is 2.59. The highest BCUT2D eigenvalue weighted by molar-refractivity contribution is 6.02. The lowest BCUT2D eigenvalue weighted by Crippen LogP contribution is -2.15. The minimum Gasteiger partial charge on any atom is -0.382 e. The molecule has 0 aliphatic rings. The van der Waals surface area contributed by atoms with E-state index in [1.165, 1.54) is 29.6 Å². The van der Waals surface area contributed by atoms with Crippen molar-refractivity contribution in [1.29, 1.82) is 0 Å². The SMILES string of the molecule is Nc1ncccc1NCc1cccc(NC(=O)c2cnc(-n3nccn3)cn2)c1. The van der Waals surface area contributed by atoms with Crippen molar-refractivity contribution in [3.8, 4) is 5.82 Å². The van der Waals surface area contributed by atoms with Gasteiger partial charge >= 0.3 is 0 Å². The van der Waals surface area contributed by atoms with Crippen LogP contribution in [0.2, 0.25) is 0 Å². The Kier molecular flexibility index (Phi) is 5.06. The number of nitrogen functional groups attached to an aromatic ring is 1. The van der Waals surface area contributed by atoms with Crippen LogP contribution in [0.3, 0.4) is 0 Å². The van der Waals surface area contributed by atoms with Crippen molar-refractivity contribution in [1.82, 2.24) is 29.9 Å². The summed E-state index contributed by atoms with van der Waals surface area (Å²) in [5, 5.41) is 14.0. The quantitative estimate of drug-likeness (QED) is 0.456. The normalized spacial score (nSPS) is 10.5. The number of hydrogen-bond acceptors (Lipinski definition) is 8. The number of carbonyl (C=O) groups excluding carboxylic acids is 1. The molecule has 0 radical (unpaired) electrons. The van der Waals surface area contributed by atoms with Crippen LogP contribution in [0, 0.1) is 0 Å². The van der Waals surface area contributed by atoms with Crippen molar-refractivity contribution in [3.63, 3.8) is 0 Å². The van der Waals surface area contributed by atoms with Gasteiger partial charge in [0.2, 0.25) is 0 Å². The van der Waals surface area contributed by atoms with Gasteiger partial charge in [0, 0.05) is 18.4 Å². The summed E-state index contributed by atoms with van der Waals surface area (Å²) in [6.45, 7) is 0.533. The Labute approximate surface area is 165 Å². The minimum atomic E-state index is -0.362. The maximum absolute atomic E-state index is 12.5. The van der Waals surface area contributed by atoms with Gasteiger partial charge in [0.15, 0.2) is 5.82 Å². The molecular weight excluding hydrogens is 370 g/mol. The zero-order chi connectivity index (χ0) is 20.1. The molecule has 10 heteroatoms. The number of nitrogens with two attached hydrogens (primary N) is 1. The third-order valence-corrected chi connectivity index (χ3v) is 4.00. The molecule has 4 rings (SSSR count). The smallest absolute Gasteiger partial charge is 0.275 e. The molecule has 0 saturated heterocycles. The molecule has 0 fully saturated rings. The van der Waals surface area contributed by atoms with Gasteiger partial charge in [-0.3, -0.25) is 4.79 Å². The van der Waals surface area contributed by atoms with Crippen molar-refractivity contribution >= 4 is 23.1 Å². The van der Waals surface area contributed by atoms with E-state index in [1.54, 1.807) is 12.3 Å². The molecule has 10 nitrogen and oxygen atoms in total. The van der Waals surface area contributed by atoms with Gasteiger partial charge in [-0.1, -0.05) is 12.1 Å². The number of rotatable bonds is 6. The first-order chi connectivity index (χ1) is 14.2. The van der Waals surface area contributed by atoms with Gasteiger partial charge in [-0.25, -0.2) is 15.0 Å². The molecule has 0 saturated carbocycles. The second-order valence-electron chi connectivity index (χ2n) is 6.02. The van der Waals surface area contributed by atoms with Crippen LogP contribution in [0.4, 0.5) is 17.2 Å². The number of pyridine rings is 1. The summed E-state index contributed by atoms with van der Waals surface area (Å²) in [7, 11) is 0. The lowest BCUT2D eigenvalue weighted by molar-refractivity contribution is 0.102. The monoisotopic (exact) mass is 387 g/mol. The maximum atomic E-state index is 12.5. The Morgan fingerprint density at radius 1 is 1.00 bits per heavy atom. The average molecular weight is 387 g/mol. The van der Waals surface area contributed by atoms with E-state index in [2.05, 4.69) is 35.8 Å². The molecule has 0 bridgehead atoms. The summed E-state index contributed by atoms with van der Waals surface area (Å²) in [5.41, 5.74) is 8.39. The highest BCUT2D eigenvalue weighted by Crippen LogP contribution is 2.17. The molecule has 29 heavy (non-hydrogen) atoms. The first kappa shape index (κ1) is 18.0. The highest BCUT2D eigenvalue weighted by Gasteiger charge is 2.10. The van der Waals surface area contributed by atoms with Crippen molar-refractivity contribution < 1.29 is 4.79 Å². The van der Waals surface area contributed by atoms with Gasteiger partial charge < -0.3 is 16.4 Å². The lowest BCUT2D eigenvalue weighted by Gasteiger charge is -2.10. The zero-order valence-corrected chi connectivity index (χ0v) is 15.2. The minimum absolute atomic E-state index is 0.188. The summed E-state index contributed by atoms with van der Waals surface area (Å²) < 4.78 is 0. The van der Waals surface area contributed by atoms with Crippen molar-refractivity contribution in [2.45, 2.75) is 6.54 Å². The van der Waals surface area contributed by atoms with Gasteiger partial charge in [-0.15, -0.1) is 4.80 Å². The maximum Gasteiger partial charge on any atom is 0.275 e. The fourth-order valence-corrected chi connectivity index (χ4v) is 2.59. The number of anilines is 3. The molecule has 4 aromatic rings. The largest absolute Gasteiger partial charge is 0.382 e. The number of aromatic nitrogens is 6. The van der Waals surface area contributed by atoms with E-state index in [4.69, 9.17) is 5.73 Å². The first-order valence-electron chi connectivity index (χ1n) is 8.72. The molecule has 1 amide bonds. The number of nitrogens with zero attached hydrogens (tertiary/aromatic N) is 6. The van der Waals surface area contributed by atoms with Crippen LogP contribution in [0.5, 0.6) is 0 Å². The summed E-state index contributed by atoms with van der Waals surface area (Å²) >= 11 is 0. The number of carbonyl (C=O) groups is 1. The van der Waals surface area contributed by atoms with Crippen molar-refractivity contribution in [2.24, 2.45) is 0 Å². The molecule has 0 aliphatic carbocycles. The van der Waals surface area contributed by atoms with Gasteiger partial charge in [-0.05, 0) is 29.8 Å². The van der Waals surface area contributed by atoms with Crippen LogP contribution in [-0.2, 0) is 6.54 Å². The second-order valence-corrected chi connectivity index (χ2v) is 6.02. The van der Waals surface area contributed by atoms with E-state index < -0.39 is 0 Å². The molecule has 0 spiro atoms. The fraction of sp³-hybridized carbons (Fsp3) is 0.0526. The standard InChI is InChI=1S/C19H17N9O/c20-18-15(5-2-6-21-18)22-10-13-3-1-4-14(9-13)27-19(29)16-11-24-17(12-23-16)28-25-7-8-26-28/h1-9,11-12,22H,10H2,(H2,20,21)(H,27,29). The molecule has 3 heterocycles. The third kappa shape index (κ3) is 4.33. The van der Waals surface area contributed by atoms with E-state index in [1.807, 2.05) is 30.3 Å². The summed E-state index contributed by atoms with van der Waals surface area (Å²) in [6.07, 6.45) is 7.52. The Bertz CT molecular complexity index is 1110. The average Bonchev–Trinajstić information content (AvgIpc) is 3.28. The van der Waals surface area contributed by atoms with E-state index in [-0.39, 0.29) is 11.6 Å². The molecule has 3 aromatic heterocycles. The van der Waals surface area contributed by atoms with E-state index in [0.717, 1.165) is 11.3 Å². The number of benzene rings is 1. The summed E-state index contributed by atoms with van der Waals surface area (Å²) in [4.78, 5) is 26.1. The van der Waals surface area contributed by atoms with E-state index >= 15 is 0 Å². The molecule has 1 aromatic carbocycles. The van der Waals surface area contributed by atoms with Crippen LogP contribution in [-0.4, -0.2) is 35.9 Å². The number of hydrogen-bond donors (Lipinski definition) is 3. The van der Waals surface area contributed by atoms with Crippen molar-refractivity contribution in [3.05, 3.63) is 78.6 Å². The highest BCUT2D eigenvalue weighted by atomic mass is 16.1. The van der Waals surface area contributed by atoms with Crippen LogP contribution in [0.25, 0.3) is 5.82 Å². The Morgan fingerprint density at radius 3 is 2.62 bits per heavy atom.